The van der Waals surface area contributed by atoms with Gasteiger partial charge in [0, 0.05) is 12.4 Å². The van der Waals surface area contributed by atoms with Gasteiger partial charge in [0.2, 0.25) is 0 Å². The first kappa shape index (κ1) is 6.99. The second kappa shape index (κ2) is 3.82. The van der Waals surface area contributed by atoms with Crippen molar-refractivity contribution in [2.75, 3.05) is 0 Å². The van der Waals surface area contributed by atoms with Crippen LogP contribution in [0.5, 0.6) is 0 Å². The summed E-state index contributed by atoms with van der Waals surface area (Å²) in [7, 11) is 0. The number of nitrogens with zero attached hydrogens (tertiary/aromatic N) is 2. The van der Waals surface area contributed by atoms with Crippen LogP contribution in [0.25, 0.3) is 0 Å². The van der Waals surface area contributed by atoms with E-state index in [0.29, 0.717) is 5.16 Å². The van der Waals surface area contributed by atoms with Gasteiger partial charge in [-0.05, 0) is 17.8 Å². The van der Waals surface area contributed by atoms with Crippen LogP contribution in [0.3, 0.4) is 0 Å². The van der Waals surface area contributed by atoms with Crippen molar-refractivity contribution >= 4 is 17.7 Å². The van der Waals surface area contributed by atoms with Crippen LogP contribution in [-0.2, 0) is 4.79 Å². The standard InChI is InChI=1S/C6H4N2OS/c9-4-5-10-6-7-2-1-3-8-6/h1-3,5H. The minimum Gasteiger partial charge on any atom is -0.233 e. The van der Waals surface area contributed by atoms with Crippen LogP contribution in [0.1, 0.15) is 0 Å². The molecule has 50 valence electrons. The van der Waals surface area contributed by atoms with Crippen molar-refractivity contribution in [2.24, 2.45) is 0 Å². The van der Waals surface area contributed by atoms with Gasteiger partial charge in [-0.3, -0.25) is 0 Å². The molecule has 0 saturated carbocycles. The van der Waals surface area contributed by atoms with Crippen LogP contribution in [0.2, 0.25) is 0 Å². The molecule has 0 bridgehead atoms. The number of carbonyl (C=O) groups excluding carboxylic acids is 1. The zero-order valence-electron chi connectivity index (χ0n) is 5.02. The molecule has 0 aliphatic rings. The van der Waals surface area contributed by atoms with Gasteiger partial charge in [0.25, 0.3) is 0 Å². The topological polar surface area (TPSA) is 42.9 Å². The Kier molecular flexibility index (Phi) is 2.67. The fraction of sp³-hybridized carbons (Fsp3) is 0. The molecule has 1 rings (SSSR count). The molecule has 0 saturated heterocycles. The second-order valence-electron chi connectivity index (χ2n) is 1.38. The third-order valence-electron chi connectivity index (χ3n) is 0.755. The molecule has 10 heavy (non-hydrogen) atoms. The summed E-state index contributed by atoms with van der Waals surface area (Å²) in [6, 6.07) is 1.72. The van der Waals surface area contributed by atoms with Crippen molar-refractivity contribution in [2.45, 2.75) is 5.16 Å². The molecule has 0 fully saturated rings. The molecular formula is C6H4N2OS. The summed E-state index contributed by atoms with van der Waals surface area (Å²) in [6.45, 7) is 0. The second-order valence-corrected chi connectivity index (χ2v) is 2.22. The van der Waals surface area contributed by atoms with Crippen molar-refractivity contribution in [3.8, 4) is 0 Å². The largest absolute Gasteiger partial charge is 0.233 e. The molecule has 1 aromatic rings. The lowest BCUT2D eigenvalue weighted by molar-refractivity contribution is 0.569. The lowest BCUT2D eigenvalue weighted by Crippen LogP contribution is -1.79. The van der Waals surface area contributed by atoms with E-state index in [2.05, 4.69) is 9.97 Å². The maximum absolute atomic E-state index is 9.72. The average molecular weight is 152 g/mol. The van der Waals surface area contributed by atoms with Crippen LogP contribution in [-0.4, -0.2) is 15.9 Å². The molecule has 0 aromatic carbocycles. The summed E-state index contributed by atoms with van der Waals surface area (Å²) in [5.74, 6) is 1.62. The van der Waals surface area contributed by atoms with Gasteiger partial charge < -0.3 is 0 Å². The van der Waals surface area contributed by atoms with Gasteiger partial charge in [-0.25, -0.2) is 14.8 Å². The Bertz CT molecular complexity index is 243. The Morgan fingerprint density at radius 1 is 1.50 bits per heavy atom. The Hall–Kier alpha value is -1.12. The van der Waals surface area contributed by atoms with E-state index in [0.717, 1.165) is 11.8 Å². The molecule has 0 N–H and O–H groups in total. The minimum atomic E-state index is 0.561. The minimum absolute atomic E-state index is 0.561. The maximum Gasteiger partial charge on any atom is 0.192 e. The van der Waals surface area contributed by atoms with Gasteiger partial charge in [0.05, 0.1) is 5.41 Å². The van der Waals surface area contributed by atoms with E-state index in [-0.39, 0.29) is 0 Å². The van der Waals surface area contributed by atoms with Gasteiger partial charge in [-0.2, -0.15) is 0 Å². The summed E-state index contributed by atoms with van der Waals surface area (Å²) in [6.07, 6.45) is 3.24. The SMILES string of the molecule is O=C=CSc1ncccn1. The van der Waals surface area contributed by atoms with E-state index in [4.69, 9.17) is 0 Å². The van der Waals surface area contributed by atoms with Gasteiger partial charge >= 0.3 is 0 Å². The molecule has 1 aromatic heterocycles. The van der Waals surface area contributed by atoms with E-state index in [1.807, 2.05) is 0 Å². The first-order chi connectivity index (χ1) is 4.93. The molecule has 0 amide bonds. The van der Waals surface area contributed by atoms with E-state index < -0.39 is 0 Å². The fourth-order valence-electron chi connectivity index (χ4n) is 0.423. The molecule has 0 aliphatic carbocycles. The van der Waals surface area contributed by atoms with Gasteiger partial charge in [-0.15, -0.1) is 0 Å². The highest BCUT2D eigenvalue weighted by atomic mass is 32.2. The van der Waals surface area contributed by atoms with Crippen molar-refractivity contribution in [3.05, 3.63) is 23.9 Å². The van der Waals surface area contributed by atoms with Crippen LogP contribution in [0.4, 0.5) is 0 Å². The maximum atomic E-state index is 9.72. The van der Waals surface area contributed by atoms with Gasteiger partial charge in [0.1, 0.15) is 5.94 Å². The Morgan fingerprint density at radius 2 is 2.20 bits per heavy atom. The first-order valence-electron chi connectivity index (χ1n) is 2.56. The molecular weight excluding hydrogens is 148 g/mol. The summed E-state index contributed by atoms with van der Waals surface area (Å²) in [4.78, 5) is 17.4. The molecule has 0 aliphatic heterocycles. The Labute approximate surface area is 62.2 Å². The summed E-state index contributed by atoms with van der Waals surface area (Å²) >= 11 is 1.15. The Morgan fingerprint density at radius 3 is 2.80 bits per heavy atom. The van der Waals surface area contributed by atoms with Crippen molar-refractivity contribution < 1.29 is 4.79 Å². The molecule has 0 unspecified atom stereocenters. The highest BCUT2D eigenvalue weighted by Gasteiger charge is 1.88. The summed E-state index contributed by atoms with van der Waals surface area (Å²) < 4.78 is 0. The highest BCUT2D eigenvalue weighted by molar-refractivity contribution is 8.02. The normalized spacial score (nSPS) is 8.40. The van der Waals surface area contributed by atoms with Crippen molar-refractivity contribution in [1.29, 1.82) is 0 Å². The first-order valence-corrected chi connectivity index (χ1v) is 3.44. The van der Waals surface area contributed by atoms with Crippen molar-refractivity contribution in [3.63, 3.8) is 0 Å². The fourth-order valence-corrected chi connectivity index (χ4v) is 0.820. The zero-order valence-corrected chi connectivity index (χ0v) is 5.84. The third kappa shape index (κ3) is 2.01. The van der Waals surface area contributed by atoms with Crippen LogP contribution < -0.4 is 0 Å². The lowest BCUT2D eigenvalue weighted by Gasteiger charge is -1.87. The molecule has 0 atom stereocenters. The predicted molar refractivity (Wildman–Crippen MR) is 38.2 cm³/mol. The average Bonchev–Trinajstić information content (AvgIpc) is 2.03. The van der Waals surface area contributed by atoms with E-state index in [1.54, 1.807) is 24.4 Å². The lowest BCUT2D eigenvalue weighted by atomic mass is 10.7. The predicted octanol–water partition coefficient (Wildman–Crippen LogP) is 0.914. The number of rotatable bonds is 2. The smallest absolute Gasteiger partial charge is 0.192 e. The number of aromatic nitrogens is 2. The number of hydrogen-bond donors (Lipinski definition) is 0. The van der Waals surface area contributed by atoms with Crippen LogP contribution >= 0.6 is 11.8 Å². The zero-order chi connectivity index (χ0) is 7.23. The van der Waals surface area contributed by atoms with Crippen molar-refractivity contribution in [1.82, 2.24) is 9.97 Å². The quantitative estimate of drug-likeness (QED) is 0.359. The molecule has 0 radical (unpaired) electrons. The third-order valence-corrected chi connectivity index (χ3v) is 1.39. The van der Waals surface area contributed by atoms with Crippen LogP contribution in [0.15, 0.2) is 29.0 Å². The number of thioether (sulfide) groups is 1. The van der Waals surface area contributed by atoms with E-state index >= 15 is 0 Å². The molecule has 0 spiro atoms. The Balaban J connectivity index is 2.67. The number of hydrogen-bond acceptors (Lipinski definition) is 4. The van der Waals surface area contributed by atoms with Gasteiger partial charge in [0.15, 0.2) is 5.16 Å². The summed E-state index contributed by atoms with van der Waals surface area (Å²) in [5, 5.41) is 1.83. The van der Waals surface area contributed by atoms with Gasteiger partial charge in [-0.1, -0.05) is 0 Å². The monoisotopic (exact) mass is 152 g/mol. The van der Waals surface area contributed by atoms with E-state index in [9.17, 15) is 4.79 Å². The molecule has 3 nitrogen and oxygen atoms in total. The summed E-state index contributed by atoms with van der Waals surface area (Å²) in [5.41, 5.74) is 0. The molecule has 4 heteroatoms. The van der Waals surface area contributed by atoms with E-state index in [1.165, 1.54) is 5.41 Å². The van der Waals surface area contributed by atoms with Crippen LogP contribution in [0, 0.1) is 0 Å². The molecule has 1 heterocycles. The highest BCUT2D eigenvalue weighted by Crippen LogP contribution is 2.09.